The average molecular weight is 413 g/mol. The van der Waals surface area contributed by atoms with Crippen LogP contribution in [0.25, 0.3) is 11.1 Å². The van der Waals surface area contributed by atoms with E-state index in [9.17, 15) is 13.2 Å². The minimum atomic E-state index is -4.55. The number of rotatable bonds is 3. The van der Waals surface area contributed by atoms with Gasteiger partial charge in [0.15, 0.2) is 5.58 Å². The number of halogens is 3. The average Bonchev–Trinajstić information content (AvgIpc) is 3.02. The van der Waals surface area contributed by atoms with Crippen LogP contribution in [0.4, 0.5) is 36.2 Å². The maximum absolute atomic E-state index is 12.7. The number of nitrogens with one attached hydrogen (secondary N) is 1. The number of alkyl halides is 3. The van der Waals surface area contributed by atoms with Crippen LogP contribution in [-0.4, -0.2) is 26.9 Å². The highest BCUT2D eigenvalue weighted by Gasteiger charge is 2.32. The van der Waals surface area contributed by atoms with Crippen LogP contribution in [0.2, 0.25) is 0 Å². The van der Waals surface area contributed by atoms with Crippen molar-refractivity contribution in [2.24, 2.45) is 4.99 Å². The number of hydrogen-bond donors (Lipinski definition) is 2. The van der Waals surface area contributed by atoms with Crippen LogP contribution in [-0.2, 0) is 6.18 Å². The molecule has 0 bridgehead atoms. The van der Waals surface area contributed by atoms with Gasteiger partial charge in [-0.25, -0.2) is 4.98 Å². The van der Waals surface area contributed by atoms with Crippen molar-refractivity contribution >= 4 is 62.1 Å². The molecule has 1 aromatic carbocycles. The van der Waals surface area contributed by atoms with E-state index in [1.165, 1.54) is 23.5 Å². The summed E-state index contributed by atoms with van der Waals surface area (Å²) in [5, 5.41) is 2.93. The third-order valence-electron chi connectivity index (χ3n) is 3.42. The number of oxazole rings is 1. The molecule has 0 atom stereocenters. The Morgan fingerprint density at radius 3 is 2.59 bits per heavy atom. The van der Waals surface area contributed by atoms with E-state index in [4.69, 9.17) is 10.2 Å². The Kier molecular flexibility index (Phi) is 5.51. The first kappa shape index (κ1) is 19.4. The summed E-state index contributed by atoms with van der Waals surface area (Å²) < 4.78 is 44.4. The van der Waals surface area contributed by atoms with Crippen LogP contribution in [0.5, 0.6) is 0 Å². The van der Waals surface area contributed by atoms with Crippen LogP contribution >= 0.6 is 23.5 Å². The third-order valence-corrected chi connectivity index (χ3v) is 5.30. The lowest BCUT2D eigenvalue weighted by Crippen LogP contribution is -2.09. The summed E-state index contributed by atoms with van der Waals surface area (Å²) in [5.74, 6) is 0. The summed E-state index contributed by atoms with van der Waals surface area (Å²) in [4.78, 5) is 12.0. The van der Waals surface area contributed by atoms with Crippen molar-refractivity contribution in [1.29, 1.82) is 0 Å². The van der Waals surface area contributed by atoms with E-state index in [1.54, 1.807) is 18.2 Å². The van der Waals surface area contributed by atoms with Crippen molar-refractivity contribution in [3.05, 3.63) is 36.2 Å². The second-order valence-corrected chi connectivity index (χ2v) is 7.09. The summed E-state index contributed by atoms with van der Waals surface area (Å²) in [6, 6.07) is 6.10. The maximum atomic E-state index is 12.7. The summed E-state index contributed by atoms with van der Waals surface area (Å²) in [7, 11) is 0. The van der Waals surface area contributed by atoms with Crippen LogP contribution in [0.15, 0.2) is 39.9 Å². The minimum Gasteiger partial charge on any atom is -0.422 e. The van der Waals surface area contributed by atoms with Gasteiger partial charge in [-0.3, -0.25) is 0 Å². The van der Waals surface area contributed by atoms with Crippen LogP contribution < -0.4 is 11.1 Å². The number of aliphatic imine (C=N–C) groups is 1. The monoisotopic (exact) mass is 413 g/mol. The predicted molar refractivity (Wildman–Crippen MR) is 105 cm³/mol. The predicted octanol–water partition coefficient (Wildman–Crippen LogP) is 5.28. The van der Waals surface area contributed by atoms with Crippen molar-refractivity contribution in [2.45, 2.75) is 6.18 Å². The molecular formula is C16H14F3N5OS2. The second kappa shape index (κ2) is 7.69. The quantitative estimate of drug-likeness (QED) is 0.446. The summed E-state index contributed by atoms with van der Waals surface area (Å²) in [5.41, 5.74) is 6.52. The zero-order chi connectivity index (χ0) is 19.6. The van der Waals surface area contributed by atoms with Gasteiger partial charge in [0.2, 0.25) is 0 Å². The van der Waals surface area contributed by atoms with E-state index in [1.807, 2.05) is 12.5 Å². The molecule has 0 unspecified atom stereocenters. The fraction of sp³-hybridized carbons (Fsp3) is 0.188. The van der Waals surface area contributed by atoms with Crippen molar-refractivity contribution in [2.75, 3.05) is 23.6 Å². The largest absolute Gasteiger partial charge is 0.433 e. The number of nitrogens with zero attached hydrogens (tertiary/aromatic N) is 3. The van der Waals surface area contributed by atoms with E-state index >= 15 is 0 Å². The van der Waals surface area contributed by atoms with Crippen molar-refractivity contribution < 1.29 is 17.6 Å². The molecular weight excluding hydrogens is 399 g/mol. The van der Waals surface area contributed by atoms with Gasteiger partial charge in [-0.1, -0.05) is 0 Å². The van der Waals surface area contributed by atoms with Gasteiger partial charge in [0.25, 0.3) is 0 Å². The fourth-order valence-electron chi connectivity index (χ4n) is 2.18. The van der Waals surface area contributed by atoms with Crippen molar-refractivity contribution in [3.63, 3.8) is 0 Å². The number of fused-ring (bicyclic) bond motifs is 1. The number of nitrogens with two attached hydrogens (primary N) is 1. The number of nitrogen functional groups attached to an aromatic ring is 1. The van der Waals surface area contributed by atoms with Gasteiger partial charge >= 0.3 is 12.2 Å². The highest BCUT2D eigenvalue weighted by Crippen LogP contribution is 2.33. The number of anilines is 3. The smallest absolute Gasteiger partial charge is 0.422 e. The molecule has 0 aliphatic rings. The Balaban J connectivity index is 1.87. The van der Waals surface area contributed by atoms with Gasteiger partial charge in [0, 0.05) is 11.8 Å². The first-order valence-corrected chi connectivity index (χ1v) is 9.92. The molecule has 27 heavy (non-hydrogen) atoms. The number of hydrogen-bond acceptors (Lipinski definition) is 8. The van der Waals surface area contributed by atoms with Gasteiger partial charge < -0.3 is 15.5 Å². The SMILES string of the molecule is CSC(=Nc1nc2ccc(Nc3cnc(C(F)(F)F)cc3N)cc2o1)SC. The van der Waals surface area contributed by atoms with Gasteiger partial charge in [-0.2, -0.15) is 23.1 Å². The fourth-order valence-corrected chi connectivity index (χ4v) is 3.18. The summed E-state index contributed by atoms with van der Waals surface area (Å²) >= 11 is 2.97. The molecule has 0 radical (unpaired) electrons. The summed E-state index contributed by atoms with van der Waals surface area (Å²) in [6.45, 7) is 0. The molecule has 0 spiro atoms. The van der Waals surface area contributed by atoms with Crippen LogP contribution in [0.3, 0.4) is 0 Å². The van der Waals surface area contributed by atoms with E-state index < -0.39 is 11.9 Å². The highest BCUT2D eigenvalue weighted by atomic mass is 32.2. The van der Waals surface area contributed by atoms with Crippen molar-refractivity contribution in [3.8, 4) is 0 Å². The van der Waals surface area contributed by atoms with Gasteiger partial charge in [-0.15, -0.1) is 23.5 Å². The molecule has 0 saturated heterocycles. The lowest BCUT2D eigenvalue weighted by Gasteiger charge is -2.11. The Morgan fingerprint density at radius 1 is 1.22 bits per heavy atom. The number of thioether (sulfide) groups is 2. The molecule has 0 fully saturated rings. The lowest BCUT2D eigenvalue weighted by atomic mass is 10.2. The zero-order valence-corrected chi connectivity index (χ0v) is 15.8. The molecule has 142 valence electrons. The molecule has 0 amide bonds. The first-order chi connectivity index (χ1) is 12.8. The van der Waals surface area contributed by atoms with Gasteiger partial charge in [-0.05, 0) is 30.7 Å². The van der Waals surface area contributed by atoms with Crippen LogP contribution in [0, 0.1) is 0 Å². The standard InChI is InChI=1S/C16H14F3N5OS2/c1-26-15(27-2)24-14-23-10-4-3-8(5-12(10)25-14)22-11-7-21-13(6-9(11)20)16(17,18)19/h3-7,22H,1-2H3,(H2,20,21). The highest BCUT2D eigenvalue weighted by molar-refractivity contribution is 8.38. The van der Waals surface area contributed by atoms with Gasteiger partial charge in [0.1, 0.15) is 15.6 Å². The zero-order valence-electron chi connectivity index (χ0n) is 14.2. The summed E-state index contributed by atoms with van der Waals surface area (Å²) in [6.07, 6.45) is 0.307. The minimum absolute atomic E-state index is 0.0649. The molecule has 3 rings (SSSR count). The molecule has 2 heterocycles. The molecule has 2 aromatic heterocycles. The van der Waals surface area contributed by atoms with E-state index in [2.05, 4.69) is 20.3 Å². The molecule has 0 aliphatic carbocycles. The molecule has 11 heteroatoms. The molecule has 6 nitrogen and oxygen atoms in total. The Labute approximate surface area is 160 Å². The first-order valence-electron chi connectivity index (χ1n) is 7.47. The van der Waals surface area contributed by atoms with Crippen molar-refractivity contribution in [1.82, 2.24) is 9.97 Å². The molecule has 0 saturated carbocycles. The van der Waals surface area contributed by atoms with E-state index in [-0.39, 0.29) is 17.4 Å². The Morgan fingerprint density at radius 2 is 1.96 bits per heavy atom. The number of pyridine rings is 1. The van der Waals surface area contributed by atoms with Crippen LogP contribution in [0.1, 0.15) is 5.69 Å². The molecule has 0 aliphatic heterocycles. The second-order valence-electron chi connectivity index (χ2n) is 5.24. The normalized spacial score (nSPS) is 11.6. The number of aromatic nitrogens is 2. The number of benzene rings is 1. The van der Waals surface area contributed by atoms with E-state index in [0.29, 0.717) is 16.8 Å². The van der Waals surface area contributed by atoms with E-state index in [0.717, 1.165) is 16.6 Å². The topological polar surface area (TPSA) is 89.3 Å². The lowest BCUT2D eigenvalue weighted by molar-refractivity contribution is -0.141. The molecule has 3 aromatic rings. The Bertz CT molecular complexity index is 997. The van der Waals surface area contributed by atoms with Gasteiger partial charge in [0.05, 0.1) is 17.6 Å². The molecule has 3 N–H and O–H groups in total. The Hall–Kier alpha value is -2.40. The third kappa shape index (κ3) is 4.48. The maximum Gasteiger partial charge on any atom is 0.433 e.